The van der Waals surface area contributed by atoms with Gasteiger partial charge in [0.2, 0.25) is 0 Å². The maximum atomic E-state index is 9.16. The third-order valence-corrected chi connectivity index (χ3v) is 2.94. The van der Waals surface area contributed by atoms with E-state index in [-0.39, 0.29) is 6.61 Å². The highest BCUT2D eigenvalue weighted by Crippen LogP contribution is 2.14. The zero-order valence-corrected chi connectivity index (χ0v) is 9.82. The van der Waals surface area contributed by atoms with E-state index >= 15 is 0 Å². The molecule has 18 heavy (non-hydrogen) atoms. The summed E-state index contributed by atoms with van der Waals surface area (Å²) in [5, 5.41) is 10.3. The molecule has 0 aliphatic rings. The van der Waals surface area contributed by atoms with Crippen LogP contribution in [0.5, 0.6) is 0 Å². The van der Waals surface area contributed by atoms with Gasteiger partial charge in [0, 0.05) is 24.0 Å². The fraction of sp³-hybridized carbons (Fsp3) is 0.143. The van der Waals surface area contributed by atoms with Crippen molar-refractivity contribution in [1.29, 1.82) is 0 Å². The molecule has 0 bridgehead atoms. The molecule has 0 amide bonds. The Bertz CT molecular complexity index is 675. The molecule has 0 saturated carbocycles. The normalized spacial score (nSPS) is 10.9. The molecule has 0 atom stereocenters. The van der Waals surface area contributed by atoms with Gasteiger partial charge in [0.25, 0.3) is 0 Å². The first-order chi connectivity index (χ1) is 8.86. The van der Waals surface area contributed by atoms with E-state index in [1.807, 2.05) is 41.2 Å². The van der Waals surface area contributed by atoms with Crippen LogP contribution >= 0.6 is 0 Å². The number of benzene rings is 1. The minimum atomic E-state index is -0.0476. The maximum Gasteiger partial charge on any atom is 0.134 e. The van der Waals surface area contributed by atoms with E-state index in [1.54, 1.807) is 6.20 Å². The Morgan fingerprint density at radius 3 is 2.94 bits per heavy atom. The molecule has 0 aliphatic heterocycles. The first kappa shape index (κ1) is 10.9. The molecule has 2 heterocycles. The van der Waals surface area contributed by atoms with E-state index in [2.05, 4.69) is 16.0 Å². The topological polar surface area (TPSA) is 50.9 Å². The van der Waals surface area contributed by atoms with Crippen LogP contribution in [0.2, 0.25) is 0 Å². The summed E-state index contributed by atoms with van der Waals surface area (Å²) in [7, 11) is 0. The van der Waals surface area contributed by atoms with Gasteiger partial charge in [-0.1, -0.05) is 18.2 Å². The molecule has 0 fully saturated rings. The minimum absolute atomic E-state index is 0.0476. The van der Waals surface area contributed by atoms with E-state index in [9.17, 15) is 0 Å². The second-order valence-electron chi connectivity index (χ2n) is 4.17. The third-order valence-electron chi connectivity index (χ3n) is 2.94. The van der Waals surface area contributed by atoms with Gasteiger partial charge in [-0.15, -0.1) is 0 Å². The van der Waals surface area contributed by atoms with Crippen molar-refractivity contribution in [3.05, 3.63) is 60.3 Å². The van der Waals surface area contributed by atoms with Crippen molar-refractivity contribution in [2.45, 2.75) is 13.2 Å². The van der Waals surface area contributed by atoms with Crippen molar-refractivity contribution in [2.24, 2.45) is 0 Å². The Morgan fingerprint density at radius 2 is 2.06 bits per heavy atom. The van der Waals surface area contributed by atoms with Gasteiger partial charge < -0.3 is 9.67 Å². The van der Waals surface area contributed by atoms with E-state index < -0.39 is 0 Å². The van der Waals surface area contributed by atoms with E-state index in [4.69, 9.17) is 5.11 Å². The van der Waals surface area contributed by atoms with Crippen LogP contribution in [0.25, 0.3) is 10.9 Å². The van der Waals surface area contributed by atoms with E-state index in [0.717, 1.165) is 16.5 Å². The summed E-state index contributed by atoms with van der Waals surface area (Å²) >= 11 is 0. The van der Waals surface area contributed by atoms with Gasteiger partial charge in [0.05, 0.1) is 12.1 Å². The van der Waals surface area contributed by atoms with Crippen molar-refractivity contribution in [3.63, 3.8) is 0 Å². The fourth-order valence-corrected chi connectivity index (χ4v) is 2.04. The van der Waals surface area contributed by atoms with Crippen LogP contribution in [-0.4, -0.2) is 19.6 Å². The SMILES string of the molecule is OCc1nccn1Cc1cnc2ccccc2c1. The summed E-state index contributed by atoms with van der Waals surface area (Å²) in [5.41, 5.74) is 2.09. The molecule has 0 aliphatic carbocycles. The number of aromatic nitrogens is 3. The molecule has 4 heteroatoms. The van der Waals surface area contributed by atoms with Crippen molar-refractivity contribution in [1.82, 2.24) is 14.5 Å². The smallest absolute Gasteiger partial charge is 0.134 e. The first-order valence-corrected chi connectivity index (χ1v) is 5.81. The average molecular weight is 239 g/mol. The van der Waals surface area contributed by atoms with Crippen molar-refractivity contribution >= 4 is 10.9 Å². The lowest BCUT2D eigenvalue weighted by Gasteiger charge is -2.06. The van der Waals surface area contributed by atoms with Crippen molar-refractivity contribution in [3.8, 4) is 0 Å². The number of fused-ring (bicyclic) bond motifs is 1. The lowest BCUT2D eigenvalue weighted by molar-refractivity contribution is 0.266. The molecule has 2 aromatic heterocycles. The Kier molecular flexibility index (Phi) is 2.78. The second kappa shape index (κ2) is 4.58. The quantitative estimate of drug-likeness (QED) is 0.760. The molecule has 0 radical (unpaired) electrons. The number of nitrogens with zero attached hydrogens (tertiary/aromatic N) is 3. The number of rotatable bonds is 3. The van der Waals surface area contributed by atoms with Crippen molar-refractivity contribution < 1.29 is 5.11 Å². The lowest BCUT2D eigenvalue weighted by Crippen LogP contribution is -2.04. The molecule has 3 aromatic rings. The monoisotopic (exact) mass is 239 g/mol. The average Bonchev–Trinajstić information content (AvgIpc) is 2.86. The van der Waals surface area contributed by atoms with Gasteiger partial charge in [0.15, 0.2) is 0 Å². The van der Waals surface area contributed by atoms with Gasteiger partial charge >= 0.3 is 0 Å². The second-order valence-corrected chi connectivity index (χ2v) is 4.17. The molecule has 0 unspecified atom stereocenters. The summed E-state index contributed by atoms with van der Waals surface area (Å²) in [4.78, 5) is 8.51. The van der Waals surface area contributed by atoms with Crippen LogP contribution < -0.4 is 0 Å². The number of para-hydroxylation sites is 1. The van der Waals surface area contributed by atoms with Gasteiger partial charge in [0.1, 0.15) is 12.4 Å². The van der Waals surface area contributed by atoms with E-state index in [0.29, 0.717) is 12.4 Å². The Morgan fingerprint density at radius 1 is 1.17 bits per heavy atom. The summed E-state index contributed by atoms with van der Waals surface area (Å²) < 4.78 is 1.92. The zero-order valence-electron chi connectivity index (χ0n) is 9.82. The summed E-state index contributed by atoms with van der Waals surface area (Å²) in [5.74, 6) is 0.670. The molecule has 1 aromatic carbocycles. The first-order valence-electron chi connectivity index (χ1n) is 5.81. The van der Waals surface area contributed by atoms with Gasteiger partial charge in [-0.05, 0) is 17.7 Å². The maximum absolute atomic E-state index is 9.16. The molecule has 90 valence electrons. The number of aliphatic hydroxyl groups excluding tert-OH is 1. The molecule has 1 N–H and O–H groups in total. The molecule has 0 saturated heterocycles. The number of aliphatic hydroxyl groups is 1. The summed E-state index contributed by atoms with van der Waals surface area (Å²) in [6.07, 6.45) is 5.42. The summed E-state index contributed by atoms with van der Waals surface area (Å²) in [6, 6.07) is 10.1. The van der Waals surface area contributed by atoms with E-state index in [1.165, 1.54) is 0 Å². The lowest BCUT2D eigenvalue weighted by atomic mass is 10.1. The number of hydrogen-bond donors (Lipinski definition) is 1. The molecule has 0 spiro atoms. The zero-order chi connectivity index (χ0) is 12.4. The molecule has 3 rings (SSSR count). The summed E-state index contributed by atoms with van der Waals surface area (Å²) in [6.45, 7) is 0.627. The Labute approximate surface area is 105 Å². The minimum Gasteiger partial charge on any atom is -0.388 e. The molecular weight excluding hydrogens is 226 g/mol. The van der Waals surface area contributed by atoms with Gasteiger partial charge in [-0.2, -0.15) is 0 Å². The Hall–Kier alpha value is -2.20. The van der Waals surface area contributed by atoms with Gasteiger partial charge in [-0.3, -0.25) is 4.98 Å². The highest BCUT2D eigenvalue weighted by atomic mass is 16.3. The molecule has 4 nitrogen and oxygen atoms in total. The van der Waals surface area contributed by atoms with Crippen LogP contribution in [0.4, 0.5) is 0 Å². The van der Waals surface area contributed by atoms with Crippen LogP contribution in [0.1, 0.15) is 11.4 Å². The van der Waals surface area contributed by atoms with Crippen LogP contribution in [0.15, 0.2) is 48.9 Å². The molecular formula is C14H13N3O. The van der Waals surface area contributed by atoms with Crippen molar-refractivity contribution in [2.75, 3.05) is 0 Å². The number of imidazole rings is 1. The standard InChI is InChI=1S/C14H13N3O/c18-10-14-15-5-6-17(14)9-11-7-12-3-1-2-4-13(12)16-8-11/h1-8,18H,9-10H2. The largest absolute Gasteiger partial charge is 0.388 e. The highest BCUT2D eigenvalue weighted by Gasteiger charge is 2.03. The van der Waals surface area contributed by atoms with Gasteiger partial charge in [-0.25, -0.2) is 4.98 Å². The van der Waals surface area contributed by atoms with Crippen LogP contribution in [-0.2, 0) is 13.2 Å². The predicted molar refractivity (Wildman–Crippen MR) is 69.0 cm³/mol. The third kappa shape index (κ3) is 1.98. The fourth-order valence-electron chi connectivity index (χ4n) is 2.04. The predicted octanol–water partition coefficient (Wildman–Crippen LogP) is 1.97. The highest BCUT2D eigenvalue weighted by molar-refractivity contribution is 5.78. The van der Waals surface area contributed by atoms with Crippen LogP contribution in [0, 0.1) is 0 Å². The van der Waals surface area contributed by atoms with Crippen LogP contribution in [0.3, 0.4) is 0 Å². The Balaban J connectivity index is 1.95. The number of hydrogen-bond acceptors (Lipinski definition) is 3. The number of pyridine rings is 1.